The Hall–Kier alpha value is -2.68. The summed E-state index contributed by atoms with van der Waals surface area (Å²) in [6.45, 7) is -0.178. The van der Waals surface area contributed by atoms with E-state index >= 15 is 0 Å². The maximum atomic E-state index is 12.2. The van der Waals surface area contributed by atoms with Crippen molar-refractivity contribution < 1.29 is 9.53 Å². The number of benzene rings is 2. The SMILES string of the molecule is O=C(COc1ccc(Cl)cc1Cl)Nc1cccc(-c2nn3cnnc3s2)c1. The number of hydrogen-bond donors (Lipinski definition) is 1. The molecule has 0 saturated heterocycles. The Morgan fingerprint density at radius 2 is 2.11 bits per heavy atom. The van der Waals surface area contributed by atoms with Crippen LogP contribution < -0.4 is 10.1 Å². The Morgan fingerprint density at radius 1 is 1.22 bits per heavy atom. The van der Waals surface area contributed by atoms with Gasteiger partial charge in [-0.3, -0.25) is 4.79 Å². The van der Waals surface area contributed by atoms with Gasteiger partial charge in [-0.15, -0.1) is 10.2 Å². The maximum Gasteiger partial charge on any atom is 0.262 e. The number of nitrogens with one attached hydrogen (secondary N) is 1. The molecule has 0 saturated carbocycles. The molecule has 2 heterocycles. The molecule has 0 aliphatic rings. The van der Waals surface area contributed by atoms with Crippen LogP contribution in [0.2, 0.25) is 10.0 Å². The molecule has 0 aliphatic carbocycles. The standard InChI is InChI=1S/C17H11Cl2N5O2S/c18-11-4-5-14(13(19)7-11)26-8-15(25)21-12-3-1-2-10(6-12)16-23-24-9-20-22-17(24)27-16/h1-7,9H,8H2,(H,21,25). The average Bonchev–Trinajstić information content (AvgIpc) is 3.23. The van der Waals surface area contributed by atoms with Crippen LogP contribution in [-0.2, 0) is 4.79 Å². The van der Waals surface area contributed by atoms with E-state index in [-0.39, 0.29) is 12.5 Å². The summed E-state index contributed by atoms with van der Waals surface area (Å²) in [6, 6.07) is 12.2. The molecule has 136 valence electrons. The van der Waals surface area contributed by atoms with Gasteiger partial charge in [0.25, 0.3) is 5.91 Å². The fraction of sp³-hybridized carbons (Fsp3) is 0.0588. The summed E-state index contributed by atoms with van der Waals surface area (Å²) >= 11 is 13.3. The molecule has 0 spiro atoms. The van der Waals surface area contributed by atoms with E-state index in [1.54, 1.807) is 35.1 Å². The molecular formula is C17H11Cl2N5O2S. The van der Waals surface area contributed by atoms with Crippen LogP contribution in [0.1, 0.15) is 0 Å². The second-order valence-corrected chi connectivity index (χ2v) is 7.26. The highest BCUT2D eigenvalue weighted by molar-refractivity contribution is 7.19. The Balaban J connectivity index is 1.43. The van der Waals surface area contributed by atoms with Crippen LogP contribution >= 0.6 is 34.5 Å². The Morgan fingerprint density at radius 3 is 2.93 bits per heavy atom. The van der Waals surface area contributed by atoms with Crippen LogP contribution in [0.5, 0.6) is 5.75 Å². The molecule has 0 atom stereocenters. The zero-order valence-electron chi connectivity index (χ0n) is 13.6. The number of amides is 1. The molecule has 4 aromatic rings. The number of anilines is 1. The zero-order chi connectivity index (χ0) is 18.8. The molecular weight excluding hydrogens is 409 g/mol. The van der Waals surface area contributed by atoms with E-state index in [2.05, 4.69) is 20.6 Å². The molecule has 2 aromatic carbocycles. The number of aromatic nitrogens is 4. The summed E-state index contributed by atoms with van der Waals surface area (Å²) in [4.78, 5) is 12.9. The van der Waals surface area contributed by atoms with Crippen molar-refractivity contribution in [1.29, 1.82) is 0 Å². The van der Waals surface area contributed by atoms with E-state index in [0.717, 1.165) is 10.6 Å². The molecule has 0 bridgehead atoms. The first-order chi connectivity index (χ1) is 13.1. The summed E-state index contributed by atoms with van der Waals surface area (Å²) in [7, 11) is 0. The maximum absolute atomic E-state index is 12.2. The minimum Gasteiger partial charge on any atom is -0.482 e. The van der Waals surface area contributed by atoms with E-state index in [1.165, 1.54) is 11.3 Å². The summed E-state index contributed by atoms with van der Waals surface area (Å²) in [5, 5.41) is 16.6. The van der Waals surface area contributed by atoms with Gasteiger partial charge in [0.2, 0.25) is 4.96 Å². The van der Waals surface area contributed by atoms with Gasteiger partial charge in [0, 0.05) is 16.3 Å². The number of nitrogens with zero attached hydrogens (tertiary/aromatic N) is 4. The minimum atomic E-state index is -0.309. The van der Waals surface area contributed by atoms with Crippen molar-refractivity contribution in [1.82, 2.24) is 19.8 Å². The highest BCUT2D eigenvalue weighted by atomic mass is 35.5. The third-order valence-corrected chi connectivity index (χ3v) is 5.03. The zero-order valence-corrected chi connectivity index (χ0v) is 15.9. The van der Waals surface area contributed by atoms with Gasteiger partial charge in [0.15, 0.2) is 6.61 Å². The number of fused-ring (bicyclic) bond motifs is 1. The van der Waals surface area contributed by atoms with E-state index in [9.17, 15) is 4.79 Å². The molecule has 0 fully saturated rings. The van der Waals surface area contributed by atoms with Crippen LogP contribution in [0.4, 0.5) is 5.69 Å². The fourth-order valence-corrected chi connectivity index (χ4v) is 3.62. The van der Waals surface area contributed by atoms with Gasteiger partial charge in [0.05, 0.1) is 5.02 Å². The summed E-state index contributed by atoms with van der Waals surface area (Å²) in [5.74, 6) is 0.0843. The van der Waals surface area contributed by atoms with Crippen LogP contribution in [-0.4, -0.2) is 32.3 Å². The third kappa shape index (κ3) is 4.02. The Labute approximate surface area is 167 Å². The molecule has 4 rings (SSSR count). The fourth-order valence-electron chi connectivity index (χ4n) is 2.34. The third-order valence-electron chi connectivity index (χ3n) is 3.53. The first-order valence-electron chi connectivity index (χ1n) is 7.73. The van der Waals surface area contributed by atoms with Crippen molar-refractivity contribution in [2.24, 2.45) is 0 Å². The Kier molecular flexibility index (Phi) is 4.93. The second kappa shape index (κ2) is 7.51. The summed E-state index contributed by atoms with van der Waals surface area (Å²) in [5.41, 5.74) is 1.50. The number of ether oxygens (including phenoxy) is 1. The van der Waals surface area contributed by atoms with Crippen LogP contribution in [0, 0.1) is 0 Å². The van der Waals surface area contributed by atoms with Crippen molar-refractivity contribution >= 4 is 51.1 Å². The van der Waals surface area contributed by atoms with Gasteiger partial charge >= 0.3 is 0 Å². The topological polar surface area (TPSA) is 81.4 Å². The lowest BCUT2D eigenvalue weighted by molar-refractivity contribution is -0.118. The number of carbonyl (C=O) groups excluding carboxylic acids is 1. The van der Waals surface area contributed by atoms with E-state index < -0.39 is 0 Å². The molecule has 10 heteroatoms. The van der Waals surface area contributed by atoms with Gasteiger partial charge in [-0.2, -0.15) is 9.61 Å². The number of rotatable bonds is 5. The monoisotopic (exact) mass is 419 g/mol. The van der Waals surface area contributed by atoms with Gasteiger partial charge in [0.1, 0.15) is 17.1 Å². The lowest BCUT2D eigenvalue weighted by Gasteiger charge is -2.09. The highest BCUT2D eigenvalue weighted by Gasteiger charge is 2.10. The van der Waals surface area contributed by atoms with Gasteiger partial charge < -0.3 is 10.1 Å². The Bertz CT molecular complexity index is 1100. The molecule has 1 N–H and O–H groups in total. The first kappa shape index (κ1) is 17.7. The predicted octanol–water partition coefficient (Wildman–Crippen LogP) is 4.18. The second-order valence-electron chi connectivity index (χ2n) is 5.46. The molecule has 1 amide bonds. The van der Waals surface area contributed by atoms with Gasteiger partial charge in [-0.05, 0) is 30.3 Å². The number of hydrogen-bond acceptors (Lipinski definition) is 6. The lowest BCUT2D eigenvalue weighted by Crippen LogP contribution is -2.20. The largest absolute Gasteiger partial charge is 0.482 e. The molecule has 7 nitrogen and oxygen atoms in total. The molecule has 0 aliphatic heterocycles. The number of halogens is 2. The minimum absolute atomic E-state index is 0.178. The van der Waals surface area contributed by atoms with Crippen LogP contribution in [0.15, 0.2) is 48.8 Å². The number of carbonyl (C=O) groups is 1. The first-order valence-corrected chi connectivity index (χ1v) is 9.31. The molecule has 0 unspecified atom stereocenters. The van der Waals surface area contributed by atoms with Gasteiger partial charge in [-0.25, -0.2) is 0 Å². The van der Waals surface area contributed by atoms with Gasteiger partial charge in [-0.1, -0.05) is 46.7 Å². The highest BCUT2D eigenvalue weighted by Crippen LogP contribution is 2.28. The quantitative estimate of drug-likeness (QED) is 0.524. The molecule has 27 heavy (non-hydrogen) atoms. The van der Waals surface area contributed by atoms with Crippen molar-refractivity contribution in [3.63, 3.8) is 0 Å². The predicted molar refractivity (Wildman–Crippen MR) is 105 cm³/mol. The summed E-state index contributed by atoms with van der Waals surface area (Å²) < 4.78 is 7.04. The average molecular weight is 420 g/mol. The van der Waals surface area contributed by atoms with E-state index in [0.29, 0.717) is 26.4 Å². The molecule has 2 aromatic heterocycles. The normalized spacial score (nSPS) is 10.9. The lowest BCUT2D eigenvalue weighted by atomic mass is 10.2. The van der Waals surface area contributed by atoms with E-state index in [1.807, 2.05) is 18.2 Å². The van der Waals surface area contributed by atoms with Crippen molar-refractivity contribution in [3.05, 3.63) is 58.8 Å². The smallest absolute Gasteiger partial charge is 0.262 e. The summed E-state index contributed by atoms with van der Waals surface area (Å²) in [6.07, 6.45) is 1.54. The van der Waals surface area contributed by atoms with Crippen molar-refractivity contribution in [2.45, 2.75) is 0 Å². The van der Waals surface area contributed by atoms with Crippen LogP contribution in [0.3, 0.4) is 0 Å². The van der Waals surface area contributed by atoms with Crippen LogP contribution in [0.25, 0.3) is 15.5 Å². The van der Waals surface area contributed by atoms with E-state index in [4.69, 9.17) is 27.9 Å². The van der Waals surface area contributed by atoms with Crippen molar-refractivity contribution in [2.75, 3.05) is 11.9 Å². The van der Waals surface area contributed by atoms with Crippen molar-refractivity contribution in [3.8, 4) is 16.3 Å². The molecule has 0 radical (unpaired) electrons.